The van der Waals surface area contributed by atoms with Crippen molar-refractivity contribution in [3.05, 3.63) is 194 Å². The van der Waals surface area contributed by atoms with E-state index in [0.29, 0.717) is 17.6 Å². The lowest BCUT2D eigenvalue weighted by Gasteiger charge is -2.11. The second-order valence-corrected chi connectivity index (χ2v) is 15.5. The first-order chi connectivity index (χ1) is 29.7. The van der Waals surface area contributed by atoms with Gasteiger partial charge in [0, 0.05) is 38.2 Å². The molecule has 0 radical (unpaired) electrons. The van der Waals surface area contributed by atoms with Crippen molar-refractivity contribution in [2.45, 2.75) is 26.2 Å². The van der Waals surface area contributed by atoms with E-state index >= 15 is 0 Å². The molecule has 0 atom stereocenters. The third-order valence-corrected chi connectivity index (χ3v) is 11.7. The Morgan fingerprint density at radius 2 is 1.02 bits per heavy atom. The van der Waals surface area contributed by atoms with Gasteiger partial charge in [-0.3, -0.25) is 4.57 Å². The van der Waals surface area contributed by atoms with Crippen LogP contribution in [-0.4, -0.2) is 19.5 Å². The zero-order valence-corrected chi connectivity index (χ0v) is 33.2. The quantitative estimate of drug-likeness (QED) is 0.147. The summed E-state index contributed by atoms with van der Waals surface area (Å²) in [5.41, 5.74) is 13.9. The molecule has 0 bridgehead atoms. The summed E-state index contributed by atoms with van der Waals surface area (Å²) in [5, 5.41) is 4.46. The van der Waals surface area contributed by atoms with Gasteiger partial charge >= 0.3 is 0 Å². The maximum Gasteiger partial charge on any atom is 0.238 e. The van der Waals surface area contributed by atoms with E-state index in [1.165, 1.54) is 35.1 Å². The van der Waals surface area contributed by atoms with Crippen LogP contribution in [0.25, 0.3) is 106 Å². The van der Waals surface area contributed by atoms with Crippen LogP contribution in [0, 0.1) is 0 Å². The first kappa shape index (κ1) is 35.5. The number of para-hydroxylation sites is 2. The van der Waals surface area contributed by atoms with E-state index in [2.05, 4.69) is 163 Å². The molecule has 11 aromatic rings. The molecular weight excluding hydrogens is 733 g/mol. The van der Waals surface area contributed by atoms with Gasteiger partial charge in [0.2, 0.25) is 5.95 Å². The summed E-state index contributed by atoms with van der Waals surface area (Å²) in [7, 11) is 0. The first-order valence-electron chi connectivity index (χ1n) is 20.7. The second kappa shape index (κ2) is 14.9. The van der Waals surface area contributed by atoms with Crippen molar-refractivity contribution < 1.29 is 4.42 Å². The van der Waals surface area contributed by atoms with Crippen LogP contribution in [0.5, 0.6) is 0 Å². The molecule has 5 heteroatoms. The molecule has 0 amide bonds. The van der Waals surface area contributed by atoms with Crippen LogP contribution >= 0.6 is 0 Å². The minimum Gasteiger partial charge on any atom is -0.455 e. The van der Waals surface area contributed by atoms with E-state index < -0.39 is 0 Å². The van der Waals surface area contributed by atoms with Crippen LogP contribution < -0.4 is 0 Å². The van der Waals surface area contributed by atoms with Crippen LogP contribution in [0.2, 0.25) is 0 Å². The number of benzene rings is 8. The minimum atomic E-state index is 0.566. The third kappa shape index (κ3) is 6.32. The molecule has 60 heavy (non-hydrogen) atoms. The van der Waals surface area contributed by atoms with Gasteiger partial charge < -0.3 is 4.42 Å². The number of hydrogen-bond acceptors (Lipinski definition) is 4. The number of hydrogen-bond donors (Lipinski definition) is 0. The van der Waals surface area contributed by atoms with Crippen LogP contribution in [0.4, 0.5) is 0 Å². The van der Waals surface area contributed by atoms with Gasteiger partial charge in [-0.25, -0.2) is 4.98 Å². The number of rotatable bonds is 9. The molecular formula is C55H40N4O. The molecule has 0 fully saturated rings. The molecule has 5 nitrogen and oxygen atoms in total. The Hall–Kier alpha value is -7.63. The Morgan fingerprint density at radius 3 is 1.82 bits per heavy atom. The highest BCUT2D eigenvalue weighted by atomic mass is 16.3. The first-order valence-corrected chi connectivity index (χ1v) is 20.7. The number of furan rings is 1. The molecule has 0 aliphatic heterocycles. The molecule has 0 saturated heterocycles. The van der Waals surface area contributed by atoms with Crippen molar-refractivity contribution in [1.82, 2.24) is 19.5 Å². The number of aryl methyl sites for hydroxylation is 1. The smallest absolute Gasteiger partial charge is 0.238 e. The largest absolute Gasteiger partial charge is 0.455 e. The van der Waals surface area contributed by atoms with Gasteiger partial charge in [0.1, 0.15) is 11.2 Å². The fourth-order valence-electron chi connectivity index (χ4n) is 8.60. The third-order valence-electron chi connectivity index (χ3n) is 11.7. The highest BCUT2D eigenvalue weighted by Gasteiger charge is 2.20. The topological polar surface area (TPSA) is 56.7 Å². The molecule has 3 heterocycles. The zero-order chi connectivity index (χ0) is 40.0. The predicted octanol–water partition coefficient (Wildman–Crippen LogP) is 14.5. The van der Waals surface area contributed by atoms with Crippen molar-refractivity contribution in [2.24, 2.45) is 0 Å². The molecule has 0 spiro atoms. The molecule has 3 aromatic heterocycles. The van der Waals surface area contributed by atoms with Gasteiger partial charge in [0.05, 0.1) is 11.0 Å². The summed E-state index contributed by atoms with van der Waals surface area (Å²) in [4.78, 5) is 15.4. The summed E-state index contributed by atoms with van der Waals surface area (Å²) in [6.07, 6.45) is 3.49. The van der Waals surface area contributed by atoms with Crippen molar-refractivity contribution in [1.29, 1.82) is 0 Å². The summed E-state index contributed by atoms with van der Waals surface area (Å²) < 4.78 is 8.86. The van der Waals surface area contributed by atoms with Crippen LogP contribution in [0.1, 0.15) is 25.3 Å². The average molecular weight is 773 g/mol. The summed E-state index contributed by atoms with van der Waals surface area (Å²) in [6, 6.07) is 66.2. The van der Waals surface area contributed by atoms with Crippen molar-refractivity contribution in [3.8, 4) is 62.1 Å². The maximum absolute atomic E-state index is 6.69. The molecule has 8 aromatic carbocycles. The number of aromatic nitrogens is 4. The van der Waals surface area contributed by atoms with Crippen LogP contribution in [0.15, 0.2) is 192 Å². The fraction of sp³-hybridized carbons (Fsp3) is 0.0727. The van der Waals surface area contributed by atoms with Crippen molar-refractivity contribution >= 4 is 43.7 Å². The molecule has 11 rings (SSSR count). The Morgan fingerprint density at radius 1 is 0.433 bits per heavy atom. The molecule has 0 aliphatic carbocycles. The van der Waals surface area contributed by atoms with Crippen molar-refractivity contribution in [2.75, 3.05) is 0 Å². The number of fused-ring (bicyclic) bond motifs is 6. The molecule has 0 aliphatic rings. The van der Waals surface area contributed by atoms with Crippen molar-refractivity contribution in [3.63, 3.8) is 0 Å². The minimum absolute atomic E-state index is 0.566. The van der Waals surface area contributed by atoms with Gasteiger partial charge in [-0.05, 0) is 76.6 Å². The average Bonchev–Trinajstić information content (AvgIpc) is 3.87. The van der Waals surface area contributed by atoms with Gasteiger partial charge in [-0.2, -0.15) is 9.97 Å². The summed E-state index contributed by atoms with van der Waals surface area (Å²) in [6.45, 7) is 2.24. The van der Waals surface area contributed by atoms with E-state index in [1.54, 1.807) is 0 Å². The Bertz CT molecular complexity index is 3350. The van der Waals surface area contributed by atoms with Crippen LogP contribution in [0.3, 0.4) is 0 Å². The van der Waals surface area contributed by atoms with E-state index in [0.717, 1.165) is 78.0 Å². The molecule has 0 N–H and O–H groups in total. The van der Waals surface area contributed by atoms with Crippen LogP contribution in [-0.2, 0) is 6.42 Å². The van der Waals surface area contributed by atoms with E-state index in [-0.39, 0.29) is 0 Å². The SMILES string of the molecule is CCCCc1cccc(-c2ccc3oc4c(-c5ccc6c(c5)c5ccccc5n6-c5nc(-c6ccccc6)nc(-c6ccc(-c7ccccc7)cc6)n5)cccc4c3c2)c1. The monoisotopic (exact) mass is 772 g/mol. The van der Waals surface area contributed by atoms with E-state index in [9.17, 15) is 0 Å². The maximum atomic E-state index is 6.69. The number of unbranched alkanes of at least 4 members (excludes halogenated alkanes) is 1. The summed E-state index contributed by atoms with van der Waals surface area (Å²) in [5.74, 6) is 1.80. The van der Waals surface area contributed by atoms with E-state index in [4.69, 9.17) is 19.4 Å². The molecule has 0 unspecified atom stereocenters. The molecule has 0 saturated carbocycles. The lowest BCUT2D eigenvalue weighted by molar-refractivity contribution is 0.670. The normalized spacial score (nSPS) is 11.6. The van der Waals surface area contributed by atoms with Gasteiger partial charge in [0.15, 0.2) is 11.6 Å². The van der Waals surface area contributed by atoms with Gasteiger partial charge in [-0.15, -0.1) is 0 Å². The zero-order valence-electron chi connectivity index (χ0n) is 33.2. The van der Waals surface area contributed by atoms with E-state index in [1.807, 2.05) is 36.4 Å². The lowest BCUT2D eigenvalue weighted by Crippen LogP contribution is -2.06. The summed E-state index contributed by atoms with van der Waals surface area (Å²) >= 11 is 0. The Kier molecular flexibility index (Phi) is 8.85. The Labute approximate surface area is 348 Å². The predicted molar refractivity (Wildman–Crippen MR) is 247 cm³/mol. The number of nitrogens with zero attached hydrogens (tertiary/aromatic N) is 4. The van der Waals surface area contributed by atoms with Gasteiger partial charge in [0.25, 0.3) is 0 Å². The Balaban J connectivity index is 1.03. The molecule has 286 valence electrons. The standard InChI is InChI=1S/C55H40N4O/c1-2-3-14-36-15-12-20-41(33-36)42-30-32-51-48(34-42)46-23-13-22-44(52(46)60-51)43-29-31-50-47(35-43)45-21-10-11-24-49(45)59(50)55-57-53(39-18-8-5-9-19-39)56-54(58-55)40-27-25-38(26-28-40)37-16-6-4-7-17-37/h4-13,15-35H,2-3,14H2,1H3. The highest BCUT2D eigenvalue weighted by Crippen LogP contribution is 2.40. The van der Waals surface area contributed by atoms with Gasteiger partial charge in [-0.1, -0.05) is 171 Å². The second-order valence-electron chi connectivity index (χ2n) is 15.5. The lowest BCUT2D eigenvalue weighted by atomic mass is 9.98. The highest BCUT2D eigenvalue weighted by molar-refractivity contribution is 6.13. The fourth-order valence-corrected chi connectivity index (χ4v) is 8.60.